The van der Waals surface area contributed by atoms with Crippen molar-refractivity contribution in [2.24, 2.45) is 7.05 Å². The summed E-state index contributed by atoms with van der Waals surface area (Å²) in [4.78, 5) is 23.2. The number of para-hydroxylation sites is 1. The number of rotatable bonds is 6. The number of carbonyl (C=O) groups is 2. The van der Waals surface area contributed by atoms with Gasteiger partial charge in [0.2, 0.25) is 17.6 Å². The molecule has 12 heteroatoms. The topological polar surface area (TPSA) is 128 Å². The molecule has 0 aliphatic carbocycles. The lowest BCUT2D eigenvalue weighted by Gasteiger charge is -2.06. The number of carbonyl (C=O) groups excluding carboxylic acids is 2. The van der Waals surface area contributed by atoms with Crippen molar-refractivity contribution >= 4 is 35.1 Å². The largest absolute Gasteiger partial charge is 0.323 e. The Morgan fingerprint density at radius 1 is 1.22 bits per heavy atom. The number of halogens is 1. The fourth-order valence-corrected chi connectivity index (χ4v) is 2.82. The highest BCUT2D eigenvalue weighted by atomic mass is 32.2. The summed E-state index contributed by atoms with van der Waals surface area (Å²) in [6.07, 6.45) is 0. The first-order valence-corrected chi connectivity index (χ1v) is 8.61. The number of thioether (sulfide) groups is 1. The van der Waals surface area contributed by atoms with Gasteiger partial charge in [0.15, 0.2) is 16.7 Å². The number of amides is 2. The Balaban J connectivity index is 1.68. The van der Waals surface area contributed by atoms with Gasteiger partial charge in [-0.25, -0.2) is 9.02 Å². The van der Waals surface area contributed by atoms with Crippen LogP contribution in [-0.4, -0.2) is 42.6 Å². The molecule has 2 aromatic heterocycles. The summed E-state index contributed by atoms with van der Waals surface area (Å²) in [6.45, 7) is 1.32. The Morgan fingerprint density at radius 2 is 2.00 bits per heavy atom. The summed E-state index contributed by atoms with van der Waals surface area (Å²) in [7, 11) is 1.67. The van der Waals surface area contributed by atoms with Crippen molar-refractivity contribution in [2.75, 3.05) is 16.4 Å². The number of aromatic nitrogens is 5. The quantitative estimate of drug-likeness (QED) is 0.608. The molecule has 10 nitrogen and oxygen atoms in total. The van der Waals surface area contributed by atoms with E-state index in [1.165, 1.54) is 25.1 Å². The Labute approximate surface area is 156 Å². The summed E-state index contributed by atoms with van der Waals surface area (Å²) in [6, 6.07) is 5.89. The van der Waals surface area contributed by atoms with Crippen LogP contribution in [0.15, 0.2) is 34.1 Å². The molecule has 3 rings (SSSR count). The molecule has 1 aromatic carbocycles. The van der Waals surface area contributed by atoms with Crippen molar-refractivity contribution in [3.63, 3.8) is 0 Å². The van der Waals surface area contributed by atoms with Crippen molar-refractivity contribution < 1.29 is 18.6 Å². The van der Waals surface area contributed by atoms with E-state index >= 15 is 0 Å². The number of anilines is 2. The van der Waals surface area contributed by atoms with Gasteiger partial charge in [0.25, 0.3) is 0 Å². The second-order valence-electron chi connectivity index (χ2n) is 5.32. The van der Waals surface area contributed by atoms with Crippen molar-refractivity contribution in [1.82, 2.24) is 25.1 Å². The molecule has 0 atom stereocenters. The Hall–Kier alpha value is -3.28. The minimum atomic E-state index is -0.513. The lowest BCUT2D eigenvalue weighted by molar-refractivity contribution is -0.114. The minimum Gasteiger partial charge on any atom is -0.323 e. The summed E-state index contributed by atoms with van der Waals surface area (Å²) < 4.78 is 19.8. The highest BCUT2D eigenvalue weighted by Crippen LogP contribution is 2.26. The van der Waals surface area contributed by atoms with Crippen LogP contribution in [-0.2, 0) is 16.6 Å². The van der Waals surface area contributed by atoms with E-state index in [-0.39, 0.29) is 28.9 Å². The second-order valence-corrected chi connectivity index (χ2v) is 6.27. The van der Waals surface area contributed by atoms with Crippen molar-refractivity contribution in [1.29, 1.82) is 0 Å². The van der Waals surface area contributed by atoms with E-state index in [9.17, 15) is 14.0 Å². The standard InChI is InChI=1S/C15H14FN7O3S/c1-8(24)17-13-12(21-26-22-13)14-19-20-15(23(14)2)27-7-11(25)18-10-6-4-3-5-9(10)16/h3-6H,7H2,1-2H3,(H,18,25)(H,17,22,24). The molecule has 2 N–H and O–H groups in total. The van der Waals surface area contributed by atoms with E-state index in [2.05, 4.69) is 35.8 Å². The van der Waals surface area contributed by atoms with Gasteiger partial charge in [0, 0.05) is 14.0 Å². The second kappa shape index (κ2) is 7.95. The van der Waals surface area contributed by atoms with E-state index in [1.807, 2.05) is 0 Å². The molecule has 2 heterocycles. The maximum absolute atomic E-state index is 13.6. The van der Waals surface area contributed by atoms with E-state index in [0.717, 1.165) is 11.8 Å². The van der Waals surface area contributed by atoms with Gasteiger partial charge in [-0.15, -0.1) is 10.2 Å². The average molecular weight is 391 g/mol. The third-order valence-corrected chi connectivity index (χ3v) is 4.33. The molecule has 0 bridgehead atoms. The van der Waals surface area contributed by atoms with Crippen LogP contribution >= 0.6 is 11.8 Å². The van der Waals surface area contributed by atoms with Crippen molar-refractivity contribution in [2.45, 2.75) is 12.1 Å². The van der Waals surface area contributed by atoms with Gasteiger partial charge in [0.05, 0.1) is 11.4 Å². The molecular formula is C15H14FN7O3S. The Kier molecular flexibility index (Phi) is 5.45. The lowest BCUT2D eigenvalue weighted by Crippen LogP contribution is -2.15. The van der Waals surface area contributed by atoms with Crippen molar-refractivity contribution in [3.8, 4) is 11.5 Å². The van der Waals surface area contributed by atoms with E-state index in [1.54, 1.807) is 17.7 Å². The molecule has 0 aliphatic heterocycles. The molecule has 3 aromatic rings. The summed E-state index contributed by atoms with van der Waals surface area (Å²) in [5.74, 6) is -0.828. The fourth-order valence-electron chi connectivity index (χ4n) is 2.11. The number of nitrogens with one attached hydrogen (secondary N) is 2. The molecule has 140 valence electrons. The molecule has 2 amide bonds. The summed E-state index contributed by atoms with van der Waals surface area (Å²) >= 11 is 1.11. The molecule has 0 radical (unpaired) electrons. The first-order valence-electron chi connectivity index (χ1n) is 7.62. The maximum atomic E-state index is 13.6. The first-order chi connectivity index (χ1) is 13.0. The predicted molar refractivity (Wildman–Crippen MR) is 94.4 cm³/mol. The monoisotopic (exact) mass is 391 g/mol. The zero-order valence-corrected chi connectivity index (χ0v) is 15.1. The zero-order chi connectivity index (χ0) is 19.4. The third kappa shape index (κ3) is 4.28. The van der Waals surface area contributed by atoms with Crippen LogP contribution in [0.5, 0.6) is 0 Å². The SMILES string of the molecule is CC(=O)Nc1nonc1-c1nnc(SCC(=O)Nc2ccccc2F)n1C. The van der Waals surface area contributed by atoms with E-state index < -0.39 is 11.7 Å². The molecular weight excluding hydrogens is 377 g/mol. The number of benzene rings is 1. The molecule has 27 heavy (non-hydrogen) atoms. The smallest absolute Gasteiger partial charge is 0.234 e. The summed E-state index contributed by atoms with van der Waals surface area (Å²) in [5.41, 5.74) is 0.318. The van der Waals surface area contributed by atoms with Crippen molar-refractivity contribution in [3.05, 3.63) is 30.1 Å². The number of nitrogens with zero attached hydrogens (tertiary/aromatic N) is 5. The first kappa shape index (κ1) is 18.5. The van der Waals surface area contributed by atoms with Gasteiger partial charge >= 0.3 is 0 Å². The van der Waals surface area contributed by atoms with E-state index in [0.29, 0.717) is 11.0 Å². The zero-order valence-electron chi connectivity index (χ0n) is 14.3. The van der Waals surface area contributed by atoms with Gasteiger partial charge in [-0.2, -0.15) is 0 Å². The van der Waals surface area contributed by atoms with Gasteiger partial charge in [-0.3, -0.25) is 9.59 Å². The van der Waals surface area contributed by atoms with Crippen LogP contribution < -0.4 is 10.6 Å². The van der Waals surface area contributed by atoms with Gasteiger partial charge in [-0.05, 0) is 22.4 Å². The molecule has 0 fully saturated rings. The van der Waals surface area contributed by atoms with Crippen LogP contribution in [0.4, 0.5) is 15.9 Å². The molecule has 0 saturated heterocycles. The number of hydrogen-bond donors (Lipinski definition) is 2. The Morgan fingerprint density at radius 3 is 2.74 bits per heavy atom. The lowest BCUT2D eigenvalue weighted by atomic mass is 10.3. The molecule has 0 spiro atoms. The minimum absolute atomic E-state index is 0.00404. The van der Waals surface area contributed by atoms with E-state index in [4.69, 9.17) is 0 Å². The molecule has 0 saturated carbocycles. The van der Waals surface area contributed by atoms with Crippen LogP contribution in [0.2, 0.25) is 0 Å². The molecule has 0 unspecified atom stereocenters. The maximum Gasteiger partial charge on any atom is 0.234 e. The highest BCUT2D eigenvalue weighted by molar-refractivity contribution is 7.99. The predicted octanol–water partition coefficient (Wildman–Crippen LogP) is 1.69. The van der Waals surface area contributed by atoms with Crippen LogP contribution in [0.3, 0.4) is 0 Å². The number of hydrogen-bond acceptors (Lipinski definition) is 8. The third-order valence-electron chi connectivity index (χ3n) is 3.31. The highest BCUT2D eigenvalue weighted by Gasteiger charge is 2.21. The van der Waals surface area contributed by atoms with Gasteiger partial charge in [-0.1, -0.05) is 23.9 Å². The summed E-state index contributed by atoms with van der Waals surface area (Å²) in [5, 5.41) is 20.7. The normalized spacial score (nSPS) is 10.6. The fraction of sp³-hybridized carbons (Fsp3) is 0.200. The van der Waals surface area contributed by atoms with Crippen LogP contribution in [0.25, 0.3) is 11.5 Å². The average Bonchev–Trinajstić information content (AvgIpc) is 3.21. The van der Waals surface area contributed by atoms with Crippen LogP contribution in [0.1, 0.15) is 6.92 Å². The van der Waals surface area contributed by atoms with Gasteiger partial charge < -0.3 is 15.2 Å². The Bertz CT molecular complexity index is 987. The van der Waals surface area contributed by atoms with Gasteiger partial charge in [0.1, 0.15) is 5.82 Å². The van der Waals surface area contributed by atoms with Crippen LogP contribution in [0, 0.1) is 5.82 Å². The molecule has 0 aliphatic rings.